The zero-order valence-electron chi connectivity index (χ0n) is 8.32. The number of carbonyl (C=O) groups is 1. The van der Waals surface area contributed by atoms with Gasteiger partial charge in [0.1, 0.15) is 17.6 Å². The van der Waals surface area contributed by atoms with Crippen LogP contribution in [0.15, 0.2) is 36.9 Å². The summed E-state index contributed by atoms with van der Waals surface area (Å²) in [4.78, 5) is 15.5. The highest BCUT2D eigenvalue weighted by atomic mass is 16.2. The lowest BCUT2D eigenvalue weighted by Crippen LogP contribution is -2.34. The molecule has 0 unspecified atom stereocenters. The van der Waals surface area contributed by atoms with E-state index in [-0.39, 0.29) is 11.6 Å². The highest BCUT2D eigenvalue weighted by Gasteiger charge is 2.19. The zero-order chi connectivity index (χ0) is 11.5. The van der Waals surface area contributed by atoms with Crippen molar-refractivity contribution < 1.29 is 4.79 Å². The van der Waals surface area contributed by atoms with Crippen LogP contribution in [0.3, 0.4) is 0 Å². The first-order valence-corrected chi connectivity index (χ1v) is 4.55. The van der Waals surface area contributed by atoms with E-state index >= 15 is 0 Å². The van der Waals surface area contributed by atoms with Gasteiger partial charge < -0.3 is 10.6 Å². The molecule has 2 N–H and O–H groups in total. The summed E-state index contributed by atoms with van der Waals surface area (Å²) >= 11 is 0. The minimum atomic E-state index is -0.298. The van der Waals surface area contributed by atoms with Crippen molar-refractivity contribution in [2.75, 3.05) is 0 Å². The molecule has 0 aliphatic carbocycles. The van der Waals surface area contributed by atoms with E-state index in [0.29, 0.717) is 17.0 Å². The van der Waals surface area contributed by atoms with E-state index in [2.05, 4.69) is 22.2 Å². The van der Waals surface area contributed by atoms with Crippen LogP contribution in [0, 0.1) is 11.3 Å². The number of hydrogen-bond donors (Lipinski definition) is 2. The van der Waals surface area contributed by atoms with Crippen LogP contribution in [0.5, 0.6) is 0 Å². The van der Waals surface area contributed by atoms with Crippen LogP contribution in [0.25, 0.3) is 5.57 Å². The molecule has 0 spiro atoms. The lowest BCUT2D eigenvalue weighted by atomic mass is 10.0. The average molecular weight is 212 g/mol. The van der Waals surface area contributed by atoms with Gasteiger partial charge in [-0.15, -0.1) is 0 Å². The smallest absolute Gasteiger partial charge is 0.258 e. The number of aromatic nitrogens is 1. The zero-order valence-corrected chi connectivity index (χ0v) is 8.32. The molecule has 5 heteroatoms. The van der Waals surface area contributed by atoms with Gasteiger partial charge in [0, 0.05) is 18.0 Å². The molecule has 0 aromatic carbocycles. The van der Waals surface area contributed by atoms with Crippen LogP contribution < -0.4 is 10.6 Å². The van der Waals surface area contributed by atoms with Crippen LogP contribution in [-0.4, -0.2) is 10.9 Å². The molecular formula is C11H8N4O. The maximum Gasteiger partial charge on any atom is 0.258 e. The van der Waals surface area contributed by atoms with Gasteiger partial charge in [0.05, 0.1) is 5.57 Å². The Bertz CT molecular complexity index is 539. The van der Waals surface area contributed by atoms with Crippen LogP contribution in [-0.2, 0) is 4.79 Å². The van der Waals surface area contributed by atoms with Gasteiger partial charge in [0.25, 0.3) is 5.91 Å². The molecule has 1 aromatic rings. The van der Waals surface area contributed by atoms with Crippen molar-refractivity contribution in [1.82, 2.24) is 15.6 Å². The predicted octanol–water partition coefficient (Wildman–Crippen LogP) is 0.485. The van der Waals surface area contributed by atoms with Crippen LogP contribution in [0.4, 0.5) is 0 Å². The number of nitrogens with zero attached hydrogens (tertiary/aromatic N) is 2. The molecule has 0 atom stereocenters. The van der Waals surface area contributed by atoms with Gasteiger partial charge in [-0.1, -0.05) is 6.58 Å². The normalized spacial score (nSPS) is 14.6. The third-order valence-corrected chi connectivity index (χ3v) is 2.10. The Kier molecular flexibility index (Phi) is 2.40. The summed E-state index contributed by atoms with van der Waals surface area (Å²) in [6.45, 7) is 3.57. The van der Waals surface area contributed by atoms with Gasteiger partial charge in [0.2, 0.25) is 0 Å². The lowest BCUT2D eigenvalue weighted by molar-refractivity contribution is -0.115. The molecule has 78 valence electrons. The molecule has 2 rings (SSSR count). The first kappa shape index (κ1) is 9.93. The maximum atomic E-state index is 11.7. The lowest BCUT2D eigenvalue weighted by Gasteiger charge is -2.17. The van der Waals surface area contributed by atoms with E-state index in [1.165, 1.54) is 12.4 Å². The van der Waals surface area contributed by atoms with Crippen molar-refractivity contribution in [3.8, 4) is 6.07 Å². The van der Waals surface area contributed by atoms with Crippen molar-refractivity contribution in [2.24, 2.45) is 0 Å². The molecular weight excluding hydrogens is 204 g/mol. The number of pyridine rings is 1. The molecule has 0 fully saturated rings. The summed E-state index contributed by atoms with van der Waals surface area (Å²) in [6.07, 6.45) is 3.02. The molecule has 16 heavy (non-hydrogen) atoms. The number of hydrogen-bond acceptors (Lipinski definition) is 4. The molecule has 1 aromatic heterocycles. The third kappa shape index (κ3) is 1.64. The minimum absolute atomic E-state index is 0.221. The summed E-state index contributed by atoms with van der Waals surface area (Å²) in [5, 5.41) is 14.2. The Hall–Kier alpha value is -2.61. The van der Waals surface area contributed by atoms with E-state index < -0.39 is 0 Å². The molecule has 2 heterocycles. The Labute approximate surface area is 92.1 Å². The summed E-state index contributed by atoms with van der Waals surface area (Å²) in [5.41, 5.74) is 1.10. The van der Waals surface area contributed by atoms with Gasteiger partial charge in [-0.3, -0.25) is 4.79 Å². The van der Waals surface area contributed by atoms with Crippen molar-refractivity contribution >= 4 is 11.5 Å². The first-order valence-electron chi connectivity index (χ1n) is 4.55. The number of amides is 1. The summed E-state index contributed by atoms with van der Waals surface area (Å²) in [7, 11) is 0. The second-order valence-electron chi connectivity index (χ2n) is 3.15. The molecule has 1 aliphatic heterocycles. The SMILES string of the molecule is C=C1NC=C(c2cccnc2C#N)C(=O)N1. The largest absolute Gasteiger partial charge is 0.348 e. The van der Waals surface area contributed by atoms with Gasteiger partial charge in [-0.05, 0) is 12.1 Å². The van der Waals surface area contributed by atoms with E-state index in [0.717, 1.165) is 0 Å². The fraction of sp³-hybridized carbons (Fsp3) is 0. The predicted molar refractivity (Wildman–Crippen MR) is 57.3 cm³/mol. The first-order chi connectivity index (χ1) is 7.72. The Morgan fingerprint density at radius 3 is 3.00 bits per heavy atom. The Morgan fingerprint density at radius 2 is 2.31 bits per heavy atom. The number of rotatable bonds is 1. The Morgan fingerprint density at radius 1 is 1.50 bits per heavy atom. The second-order valence-corrected chi connectivity index (χ2v) is 3.15. The van der Waals surface area contributed by atoms with Gasteiger partial charge in [0.15, 0.2) is 0 Å². The maximum absolute atomic E-state index is 11.7. The molecule has 0 saturated heterocycles. The van der Waals surface area contributed by atoms with Gasteiger partial charge >= 0.3 is 0 Å². The highest BCUT2D eigenvalue weighted by Crippen LogP contribution is 2.18. The fourth-order valence-corrected chi connectivity index (χ4v) is 1.38. The molecule has 1 aliphatic rings. The molecule has 0 radical (unpaired) electrons. The monoisotopic (exact) mass is 212 g/mol. The van der Waals surface area contributed by atoms with Crippen LogP contribution in [0.2, 0.25) is 0 Å². The van der Waals surface area contributed by atoms with E-state index in [4.69, 9.17) is 5.26 Å². The van der Waals surface area contributed by atoms with E-state index in [1.807, 2.05) is 6.07 Å². The molecule has 5 nitrogen and oxygen atoms in total. The Balaban J connectivity index is 2.49. The number of carbonyl (C=O) groups excluding carboxylic acids is 1. The minimum Gasteiger partial charge on any atom is -0.348 e. The van der Waals surface area contributed by atoms with Gasteiger partial charge in [-0.2, -0.15) is 5.26 Å². The van der Waals surface area contributed by atoms with Crippen molar-refractivity contribution in [3.05, 3.63) is 48.2 Å². The van der Waals surface area contributed by atoms with Gasteiger partial charge in [-0.25, -0.2) is 4.98 Å². The average Bonchev–Trinajstić information content (AvgIpc) is 2.29. The van der Waals surface area contributed by atoms with E-state index in [1.54, 1.807) is 12.1 Å². The molecule has 0 saturated carbocycles. The summed E-state index contributed by atoms with van der Waals surface area (Å²) < 4.78 is 0. The number of nitriles is 1. The second kappa shape index (κ2) is 3.87. The van der Waals surface area contributed by atoms with E-state index in [9.17, 15) is 4.79 Å². The highest BCUT2D eigenvalue weighted by molar-refractivity contribution is 6.21. The third-order valence-electron chi connectivity index (χ3n) is 2.10. The topological polar surface area (TPSA) is 77.8 Å². The fourth-order valence-electron chi connectivity index (χ4n) is 1.38. The standard InChI is InChI=1S/C11H8N4O/c1-7-14-6-9(11(16)15-7)8-3-2-4-13-10(8)5-12/h2-4,6,14H,1H2,(H,15,16). The van der Waals surface area contributed by atoms with Crippen molar-refractivity contribution in [2.45, 2.75) is 0 Å². The van der Waals surface area contributed by atoms with Crippen molar-refractivity contribution in [1.29, 1.82) is 5.26 Å². The summed E-state index contributed by atoms with van der Waals surface area (Å²) in [5.74, 6) is 0.115. The number of nitrogens with one attached hydrogen (secondary N) is 2. The molecule has 0 bridgehead atoms. The van der Waals surface area contributed by atoms with Crippen LogP contribution >= 0.6 is 0 Å². The van der Waals surface area contributed by atoms with Crippen LogP contribution in [0.1, 0.15) is 11.3 Å². The quantitative estimate of drug-likeness (QED) is 0.710. The summed E-state index contributed by atoms with van der Waals surface area (Å²) in [6, 6.07) is 5.29. The molecule has 1 amide bonds. The van der Waals surface area contributed by atoms with Crippen molar-refractivity contribution in [3.63, 3.8) is 0 Å².